The number of unbranched alkanes of at least 4 members (excludes halogenated alkanes) is 5. The number of carbonyl (C=O) groups is 1. The Hall–Kier alpha value is -1.29. The Morgan fingerprint density at radius 2 is 1.71 bits per heavy atom. The molecule has 1 aromatic carbocycles. The summed E-state index contributed by atoms with van der Waals surface area (Å²) in [7, 11) is 0. The molecule has 4 aliphatic rings. The second-order valence-corrected chi connectivity index (χ2v) is 14.3. The third-order valence-electron chi connectivity index (χ3n) is 11.4. The van der Waals surface area contributed by atoms with Gasteiger partial charge in [0.2, 0.25) is 0 Å². The van der Waals surface area contributed by atoms with Gasteiger partial charge in [0.05, 0.1) is 0 Å². The number of hydrogen-bond donors (Lipinski definition) is 0. The van der Waals surface area contributed by atoms with Gasteiger partial charge in [-0.1, -0.05) is 86.9 Å². The zero-order valence-electron chi connectivity index (χ0n) is 24.0. The topological polar surface area (TPSA) is 35.5 Å². The molecule has 0 heterocycles. The SMILES string of the molecule is CCCCCCCCC1CCC2C3CC=C4CC(OC(=O)Oc5ccc(Br)cc5)CCC4(C)C3CCC12C. The summed E-state index contributed by atoms with van der Waals surface area (Å²) >= 11 is 3.41. The summed E-state index contributed by atoms with van der Waals surface area (Å²) in [6, 6.07) is 7.30. The van der Waals surface area contributed by atoms with Crippen molar-refractivity contribution in [2.45, 2.75) is 123 Å². The maximum absolute atomic E-state index is 12.5. The van der Waals surface area contributed by atoms with Crippen molar-refractivity contribution >= 4 is 22.1 Å². The molecule has 7 unspecified atom stereocenters. The molecule has 38 heavy (non-hydrogen) atoms. The molecule has 0 aromatic heterocycles. The minimum atomic E-state index is -0.578. The number of rotatable bonds is 9. The molecule has 1 aromatic rings. The van der Waals surface area contributed by atoms with Crippen LogP contribution in [-0.4, -0.2) is 12.3 Å². The van der Waals surface area contributed by atoms with Gasteiger partial charge < -0.3 is 9.47 Å². The standard InChI is InChI=1S/C34H49BrO3/c1-4-5-6-7-8-9-10-24-12-18-30-29-17-11-25-23-28(38-32(36)37-27-15-13-26(35)14-16-27)19-21-34(25,3)31(29)20-22-33(24,30)2/h11,13-16,24,28-31H,4-10,12,17-23H2,1-3H3. The van der Waals surface area contributed by atoms with Crippen LogP contribution in [0.3, 0.4) is 0 Å². The zero-order valence-corrected chi connectivity index (χ0v) is 25.6. The molecule has 7 atom stereocenters. The van der Waals surface area contributed by atoms with E-state index in [9.17, 15) is 4.79 Å². The van der Waals surface area contributed by atoms with Crippen LogP contribution in [0, 0.1) is 34.5 Å². The molecule has 0 N–H and O–H groups in total. The highest BCUT2D eigenvalue weighted by molar-refractivity contribution is 9.10. The number of hydrogen-bond acceptors (Lipinski definition) is 3. The first kappa shape index (κ1) is 28.2. The Labute approximate surface area is 239 Å². The molecule has 0 saturated heterocycles. The first-order valence-corrected chi connectivity index (χ1v) is 16.5. The van der Waals surface area contributed by atoms with E-state index in [4.69, 9.17) is 9.47 Å². The Balaban J connectivity index is 1.17. The molecule has 0 radical (unpaired) electrons. The van der Waals surface area contributed by atoms with Crippen molar-refractivity contribution in [3.05, 3.63) is 40.4 Å². The second kappa shape index (κ2) is 12.1. The van der Waals surface area contributed by atoms with E-state index in [1.54, 1.807) is 17.7 Å². The van der Waals surface area contributed by atoms with Crippen LogP contribution in [0.25, 0.3) is 0 Å². The number of carbonyl (C=O) groups excluding carboxylic acids is 1. The van der Waals surface area contributed by atoms with Gasteiger partial charge in [0.15, 0.2) is 0 Å². The van der Waals surface area contributed by atoms with E-state index >= 15 is 0 Å². The van der Waals surface area contributed by atoms with Crippen molar-refractivity contribution in [3.8, 4) is 5.75 Å². The van der Waals surface area contributed by atoms with Crippen LogP contribution >= 0.6 is 15.9 Å². The van der Waals surface area contributed by atoms with E-state index in [0.29, 0.717) is 11.2 Å². The quantitative estimate of drug-likeness (QED) is 0.125. The molecule has 210 valence electrons. The lowest BCUT2D eigenvalue weighted by molar-refractivity contribution is -0.0538. The average molecular weight is 586 g/mol. The summed E-state index contributed by atoms with van der Waals surface area (Å²) < 4.78 is 12.2. The average Bonchev–Trinajstić information content (AvgIpc) is 3.24. The first-order valence-electron chi connectivity index (χ1n) is 15.7. The Morgan fingerprint density at radius 3 is 2.50 bits per heavy atom. The summed E-state index contributed by atoms with van der Waals surface area (Å²) in [5.74, 6) is 4.01. The van der Waals surface area contributed by atoms with Crippen molar-refractivity contribution in [2.75, 3.05) is 0 Å². The molecular formula is C34H49BrO3. The van der Waals surface area contributed by atoms with Gasteiger partial charge in [-0.2, -0.15) is 0 Å². The lowest BCUT2D eigenvalue weighted by atomic mass is 9.47. The van der Waals surface area contributed by atoms with E-state index in [0.717, 1.165) is 47.4 Å². The molecule has 3 fully saturated rings. The number of fused-ring (bicyclic) bond motifs is 5. The highest BCUT2D eigenvalue weighted by Gasteiger charge is 2.58. The van der Waals surface area contributed by atoms with Crippen LogP contribution in [-0.2, 0) is 4.74 Å². The number of halogens is 1. The molecule has 0 amide bonds. The fourth-order valence-electron chi connectivity index (χ4n) is 9.24. The molecule has 3 nitrogen and oxygen atoms in total. The number of benzene rings is 1. The van der Waals surface area contributed by atoms with Gasteiger partial charge in [-0.05, 0) is 110 Å². The fourth-order valence-corrected chi connectivity index (χ4v) is 9.51. The first-order chi connectivity index (χ1) is 18.3. The Morgan fingerprint density at radius 1 is 0.947 bits per heavy atom. The van der Waals surface area contributed by atoms with Gasteiger partial charge in [-0.25, -0.2) is 4.79 Å². The van der Waals surface area contributed by atoms with Crippen molar-refractivity contribution in [1.82, 2.24) is 0 Å². The van der Waals surface area contributed by atoms with E-state index < -0.39 is 6.16 Å². The third-order valence-corrected chi connectivity index (χ3v) is 12.0. The fraction of sp³-hybridized carbons (Fsp3) is 0.735. The summed E-state index contributed by atoms with van der Waals surface area (Å²) in [5.41, 5.74) is 2.39. The van der Waals surface area contributed by atoms with Crippen molar-refractivity contribution in [2.24, 2.45) is 34.5 Å². The van der Waals surface area contributed by atoms with E-state index in [-0.39, 0.29) is 11.5 Å². The van der Waals surface area contributed by atoms with Gasteiger partial charge in [0, 0.05) is 10.9 Å². The van der Waals surface area contributed by atoms with Crippen molar-refractivity contribution < 1.29 is 14.3 Å². The summed E-state index contributed by atoms with van der Waals surface area (Å²) in [6.45, 7) is 7.52. The molecule has 3 saturated carbocycles. The Kier molecular flexibility index (Phi) is 8.97. The molecule has 0 aliphatic heterocycles. The zero-order chi connectivity index (χ0) is 26.8. The molecule has 0 spiro atoms. The monoisotopic (exact) mass is 584 g/mol. The highest BCUT2D eigenvalue weighted by atomic mass is 79.9. The molecular weight excluding hydrogens is 536 g/mol. The van der Waals surface area contributed by atoms with Crippen LogP contribution in [0.5, 0.6) is 5.75 Å². The van der Waals surface area contributed by atoms with Crippen LogP contribution in [0.2, 0.25) is 0 Å². The van der Waals surface area contributed by atoms with E-state index in [1.807, 2.05) is 12.1 Å². The molecule has 4 heteroatoms. The van der Waals surface area contributed by atoms with Gasteiger partial charge >= 0.3 is 6.16 Å². The lowest BCUT2D eigenvalue weighted by Gasteiger charge is -2.58. The normalized spacial score (nSPS) is 36.0. The minimum Gasteiger partial charge on any atom is -0.430 e. The molecule has 0 bridgehead atoms. The van der Waals surface area contributed by atoms with Gasteiger partial charge in [0.1, 0.15) is 11.9 Å². The van der Waals surface area contributed by atoms with Crippen LogP contribution in [0.4, 0.5) is 4.79 Å². The maximum atomic E-state index is 12.5. The smallest absolute Gasteiger partial charge is 0.430 e. The van der Waals surface area contributed by atoms with E-state index in [1.165, 1.54) is 77.0 Å². The predicted octanol–water partition coefficient (Wildman–Crippen LogP) is 10.7. The van der Waals surface area contributed by atoms with E-state index in [2.05, 4.69) is 42.8 Å². The van der Waals surface area contributed by atoms with Gasteiger partial charge in [0.25, 0.3) is 0 Å². The molecule has 4 aliphatic carbocycles. The van der Waals surface area contributed by atoms with Gasteiger partial charge in [-0.3, -0.25) is 0 Å². The minimum absolute atomic E-state index is 0.0733. The highest BCUT2D eigenvalue weighted by Crippen LogP contribution is 2.66. The van der Waals surface area contributed by atoms with Gasteiger partial charge in [-0.15, -0.1) is 0 Å². The van der Waals surface area contributed by atoms with Crippen LogP contribution in [0.15, 0.2) is 40.4 Å². The Bertz CT molecular complexity index is 986. The lowest BCUT2D eigenvalue weighted by Crippen LogP contribution is -2.50. The second-order valence-electron chi connectivity index (χ2n) is 13.4. The maximum Gasteiger partial charge on any atom is 0.514 e. The summed E-state index contributed by atoms with van der Waals surface area (Å²) in [4.78, 5) is 12.5. The van der Waals surface area contributed by atoms with Crippen molar-refractivity contribution in [1.29, 1.82) is 0 Å². The van der Waals surface area contributed by atoms with Crippen LogP contribution in [0.1, 0.15) is 117 Å². The predicted molar refractivity (Wildman–Crippen MR) is 158 cm³/mol. The summed E-state index contributed by atoms with van der Waals surface area (Å²) in [6.07, 6.45) is 21.8. The number of ether oxygens (including phenoxy) is 2. The largest absolute Gasteiger partial charge is 0.514 e. The van der Waals surface area contributed by atoms with Crippen molar-refractivity contribution in [3.63, 3.8) is 0 Å². The number of allylic oxidation sites excluding steroid dienone is 1. The molecule has 5 rings (SSSR count). The van der Waals surface area contributed by atoms with Crippen LogP contribution < -0.4 is 4.74 Å². The third kappa shape index (κ3) is 5.77. The summed E-state index contributed by atoms with van der Waals surface area (Å²) in [5, 5.41) is 0.